The molecule has 1 aliphatic heterocycles. The van der Waals surface area contributed by atoms with Crippen LogP contribution in [0.5, 0.6) is 0 Å². The number of rotatable bonds is 7. The van der Waals surface area contributed by atoms with Gasteiger partial charge in [-0.3, -0.25) is 14.5 Å². The second kappa shape index (κ2) is 11.2. The molecule has 0 radical (unpaired) electrons. The molecule has 0 aromatic heterocycles. The molecule has 35 heavy (non-hydrogen) atoms. The van der Waals surface area contributed by atoms with Crippen molar-refractivity contribution in [2.24, 2.45) is 0 Å². The lowest BCUT2D eigenvalue weighted by Crippen LogP contribution is -2.32. The van der Waals surface area contributed by atoms with Crippen molar-refractivity contribution in [1.29, 1.82) is 5.26 Å². The summed E-state index contributed by atoms with van der Waals surface area (Å²) in [6, 6.07) is 24.2. The van der Waals surface area contributed by atoms with Gasteiger partial charge < -0.3 is 5.32 Å². The van der Waals surface area contributed by atoms with E-state index in [1.807, 2.05) is 48.5 Å². The highest BCUT2D eigenvalue weighted by Crippen LogP contribution is 2.42. The lowest BCUT2D eigenvalue weighted by Gasteiger charge is -2.18. The molecule has 5 nitrogen and oxygen atoms in total. The van der Waals surface area contributed by atoms with E-state index in [9.17, 15) is 19.2 Å². The standard InChI is InChI=1S/C27H21ClFN3O2S/c28-20-8-6-19(7-9-20)16-24-26(34)32(22-12-10-21(29)11-13-22)27(35-24)23(17-30)25(33)31-15-14-18-4-2-1-3-5-18/h1-13,24H,14-16H2,(H,31,33)/b27-23-/t24-/m0/s1. The minimum absolute atomic E-state index is 0.153. The second-order valence-corrected chi connectivity index (χ2v) is 9.50. The molecule has 1 atom stereocenters. The Morgan fingerprint density at radius 2 is 1.71 bits per heavy atom. The predicted octanol–water partition coefficient (Wildman–Crippen LogP) is 5.26. The molecule has 176 valence electrons. The van der Waals surface area contributed by atoms with Gasteiger partial charge in [0.15, 0.2) is 0 Å². The molecule has 8 heteroatoms. The van der Waals surface area contributed by atoms with Crippen molar-refractivity contribution < 1.29 is 14.0 Å². The molecule has 1 fully saturated rings. The van der Waals surface area contributed by atoms with Gasteiger partial charge in [-0.25, -0.2) is 4.39 Å². The zero-order valence-corrected chi connectivity index (χ0v) is 20.2. The fourth-order valence-corrected chi connectivity index (χ4v) is 5.13. The van der Waals surface area contributed by atoms with Crippen LogP contribution in [0.3, 0.4) is 0 Å². The fourth-order valence-electron chi connectivity index (χ4n) is 3.70. The number of hydrogen-bond donors (Lipinski definition) is 1. The normalized spacial score (nSPS) is 16.7. The van der Waals surface area contributed by atoms with Crippen molar-refractivity contribution in [2.45, 2.75) is 18.1 Å². The number of nitrogens with zero attached hydrogens (tertiary/aromatic N) is 2. The molecule has 1 heterocycles. The van der Waals surface area contributed by atoms with Gasteiger partial charge in [-0.15, -0.1) is 0 Å². The van der Waals surface area contributed by atoms with Crippen LogP contribution in [0.2, 0.25) is 5.02 Å². The number of carbonyl (C=O) groups excluding carboxylic acids is 2. The molecule has 0 bridgehead atoms. The van der Waals surface area contributed by atoms with E-state index in [4.69, 9.17) is 11.6 Å². The second-order valence-electron chi connectivity index (χ2n) is 7.87. The summed E-state index contributed by atoms with van der Waals surface area (Å²) in [6.45, 7) is 0.338. The van der Waals surface area contributed by atoms with Gasteiger partial charge in [-0.05, 0) is 60.4 Å². The zero-order chi connectivity index (χ0) is 24.8. The van der Waals surface area contributed by atoms with Crippen molar-refractivity contribution in [3.05, 3.63) is 111 Å². The molecule has 2 amide bonds. The average molecular weight is 506 g/mol. The van der Waals surface area contributed by atoms with E-state index in [1.165, 1.54) is 29.2 Å². The van der Waals surface area contributed by atoms with Crippen molar-refractivity contribution in [2.75, 3.05) is 11.4 Å². The molecule has 4 rings (SSSR count). The summed E-state index contributed by atoms with van der Waals surface area (Å²) < 4.78 is 13.5. The van der Waals surface area contributed by atoms with E-state index in [0.717, 1.165) is 22.9 Å². The summed E-state index contributed by atoms with van der Waals surface area (Å²) in [7, 11) is 0. The van der Waals surface area contributed by atoms with Gasteiger partial charge >= 0.3 is 0 Å². The van der Waals surface area contributed by atoms with Gasteiger partial charge in [0.2, 0.25) is 5.91 Å². The number of thioether (sulfide) groups is 1. The highest BCUT2D eigenvalue weighted by atomic mass is 35.5. The van der Waals surface area contributed by atoms with E-state index >= 15 is 0 Å². The first-order chi connectivity index (χ1) is 17.0. The van der Waals surface area contributed by atoms with Gasteiger partial charge in [-0.1, -0.05) is 65.8 Å². The molecule has 0 saturated carbocycles. The summed E-state index contributed by atoms with van der Waals surface area (Å²) in [4.78, 5) is 27.7. The fraction of sp³-hybridized carbons (Fsp3) is 0.148. The van der Waals surface area contributed by atoms with Crippen molar-refractivity contribution in [3.63, 3.8) is 0 Å². The van der Waals surface area contributed by atoms with Crippen LogP contribution in [0.4, 0.5) is 10.1 Å². The summed E-state index contributed by atoms with van der Waals surface area (Å²) in [6.07, 6.45) is 0.990. The summed E-state index contributed by atoms with van der Waals surface area (Å²) in [5.74, 6) is -1.29. The van der Waals surface area contributed by atoms with Gasteiger partial charge in [0.25, 0.3) is 5.91 Å². The minimum atomic E-state index is -0.559. The third-order valence-electron chi connectivity index (χ3n) is 5.47. The Morgan fingerprint density at radius 3 is 2.37 bits per heavy atom. The van der Waals surface area contributed by atoms with Crippen molar-refractivity contribution in [3.8, 4) is 6.07 Å². The summed E-state index contributed by atoms with van der Waals surface area (Å²) in [5.41, 5.74) is 2.19. The number of hydrogen-bond acceptors (Lipinski definition) is 4. The van der Waals surface area contributed by atoms with Crippen LogP contribution in [0.1, 0.15) is 11.1 Å². The Balaban J connectivity index is 1.61. The number of nitrogens with one attached hydrogen (secondary N) is 1. The molecule has 1 aliphatic rings. The van der Waals surface area contributed by atoms with Crippen LogP contribution in [0.25, 0.3) is 0 Å². The van der Waals surface area contributed by atoms with Crippen LogP contribution >= 0.6 is 23.4 Å². The Bertz CT molecular complexity index is 1290. The van der Waals surface area contributed by atoms with Gasteiger partial charge in [0.05, 0.1) is 5.25 Å². The minimum Gasteiger partial charge on any atom is -0.351 e. The Labute approximate surface area is 212 Å². The molecule has 0 spiro atoms. The zero-order valence-electron chi connectivity index (χ0n) is 18.6. The first-order valence-electron chi connectivity index (χ1n) is 10.9. The third kappa shape index (κ3) is 5.91. The molecule has 1 N–H and O–H groups in total. The maximum absolute atomic E-state index is 13.5. The lowest BCUT2D eigenvalue weighted by atomic mass is 10.1. The number of benzene rings is 3. The SMILES string of the molecule is N#C/C(C(=O)NCCc1ccccc1)=C1/S[C@@H](Cc2ccc(Cl)cc2)C(=O)N1c1ccc(F)cc1. The molecule has 1 saturated heterocycles. The predicted molar refractivity (Wildman–Crippen MR) is 136 cm³/mol. The molecular formula is C27H21ClFN3O2S. The highest BCUT2D eigenvalue weighted by Gasteiger charge is 2.40. The number of nitriles is 1. The Hall–Kier alpha value is -3.60. The number of carbonyl (C=O) groups is 2. The monoisotopic (exact) mass is 505 g/mol. The smallest absolute Gasteiger partial charge is 0.264 e. The highest BCUT2D eigenvalue weighted by molar-refractivity contribution is 8.05. The largest absolute Gasteiger partial charge is 0.351 e. The first kappa shape index (κ1) is 24.5. The average Bonchev–Trinajstić information content (AvgIpc) is 3.17. The number of halogens is 2. The number of anilines is 1. The Kier molecular flexibility index (Phi) is 7.86. The molecular weight excluding hydrogens is 485 g/mol. The van der Waals surface area contributed by atoms with Gasteiger partial charge in [-0.2, -0.15) is 5.26 Å². The molecule has 0 aliphatic carbocycles. The maximum Gasteiger partial charge on any atom is 0.264 e. The van der Waals surface area contributed by atoms with Crippen molar-refractivity contribution in [1.82, 2.24) is 5.32 Å². The van der Waals surface area contributed by atoms with Crippen LogP contribution in [-0.2, 0) is 22.4 Å². The summed E-state index contributed by atoms with van der Waals surface area (Å²) in [5, 5.41) is 12.9. The van der Waals surface area contributed by atoms with E-state index in [2.05, 4.69) is 5.32 Å². The summed E-state index contributed by atoms with van der Waals surface area (Å²) >= 11 is 7.13. The van der Waals surface area contributed by atoms with E-state index in [1.54, 1.807) is 12.1 Å². The van der Waals surface area contributed by atoms with E-state index < -0.39 is 17.0 Å². The van der Waals surface area contributed by atoms with Crippen LogP contribution in [0, 0.1) is 17.1 Å². The molecule has 0 unspecified atom stereocenters. The quantitative estimate of drug-likeness (QED) is 0.351. The van der Waals surface area contributed by atoms with Crippen LogP contribution < -0.4 is 10.2 Å². The third-order valence-corrected chi connectivity index (χ3v) is 6.98. The van der Waals surface area contributed by atoms with E-state index in [0.29, 0.717) is 30.1 Å². The molecule has 3 aromatic rings. The first-order valence-corrected chi connectivity index (χ1v) is 12.2. The number of amides is 2. The van der Waals surface area contributed by atoms with Gasteiger partial charge in [0.1, 0.15) is 22.5 Å². The topological polar surface area (TPSA) is 73.2 Å². The van der Waals surface area contributed by atoms with Crippen molar-refractivity contribution >= 4 is 40.9 Å². The van der Waals surface area contributed by atoms with Gasteiger partial charge in [0, 0.05) is 17.3 Å². The Morgan fingerprint density at radius 1 is 1.03 bits per heavy atom. The van der Waals surface area contributed by atoms with E-state index in [-0.39, 0.29) is 16.5 Å². The van der Waals surface area contributed by atoms with Crippen LogP contribution in [-0.4, -0.2) is 23.6 Å². The van der Waals surface area contributed by atoms with Crippen LogP contribution in [0.15, 0.2) is 89.5 Å². The maximum atomic E-state index is 13.5. The lowest BCUT2D eigenvalue weighted by molar-refractivity contribution is -0.117. The molecule has 3 aromatic carbocycles.